The fourth-order valence-electron chi connectivity index (χ4n) is 1.81. The number of nitrogens with zero attached hydrogens (tertiary/aromatic N) is 2. The van der Waals surface area contributed by atoms with Gasteiger partial charge in [0, 0.05) is 22.0 Å². The van der Waals surface area contributed by atoms with Crippen LogP contribution in [0.5, 0.6) is 0 Å². The molecule has 1 aromatic rings. The van der Waals surface area contributed by atoms with E-state index in [-0.39, 0.29) is 5.91 Å². The van der Waals surface area contributed by atoms with Gasteiger partial charge >= 0.3 is 0 Å². The second-order valence-corrected chi connectivity index (χ2v) is 6.44. The molecule has 0 N–H and O–H groups in total. The number of carbonyl (C=O) groups excluding carboxylic acids is 1. The summed E-state index contributed by atoms with van der Waals surface area (Å²) in [5, 5.41) is 0. The van der Waals surface area contributed by atoms with Crippen LogP contribution in [0.3, 0.4) is 0 Å². The van der Waals surface area contributed by atoms with E-state index in [0.717, 1.165) is 40.6 Å². The first-order chi connectivity index (χ1) is 8.95. The molecule has 3 nitrogen and oxygen atoms in total. The van der Waals surface area contributed by atoms with E-state index < -0.39 is 0 Å². The zero-order valence-corrected chi connectivity index (χ0v) is 14.8. The van der Waals surface area contributed by atoms with Crippen LogP contribution in [0, 0.1) is 0 Å². The summed E-state index contributed by atoms with van der Waals surface area (Å²) in [6.07, 6.45) is 0.987. The lowest BCUT2D eigenvalue weighted by Gasteiger charge is -2.22. The number of amides is 1. The van der Waals surface area contributed by atoms with Crippen LogP contribution >= 0.6 is 31.9 Å². The molecule has 0 aliphatic rings. The van der Waals surface area contributed by atoms with Crippen molar-refractivity contribution >= 4 is 37.8 Å². The quantitative estimate of drug-likeness (QED) is 0.739. The number of benzene rings is 1. The topological polar surface area (TPSA) is 23.6 Å². The molecule has 1 amide bonds. The second kappa shape index (κ2) is 8.02. The lowest BCUT2D eigenvalue weighted by atomic mass is 10.2. The van der Waals surface area contributed by atoms with E-state index in [1.54, 1.807) is 0 Å². The molecule has 0 saturated heterocycles. The average Bonchev–Trinajstić information content (AvgIpc) is 2.33. The molecule has 0 aliphatic carbocycles. The van der Waals surface area contributed by atoms with Crippen molar-refractivity contribution in [2.24, 2.45) is 0 Å². The van der Waals surface area contributed by atoms with E-state index in [0.29, 0.717) is 0 Å². The molecule has 1 aromatic carbocycles. The molecule has 0 heterocycles. The van der Waals surface area contributed by atoms with Crippen LogP contribution in [0.4, 0.5) is 0 Å². The monoisotopic (exact) mass is 390 g/mol. The fourth-order valence-corrected chi connectivity index (χ4v) is 3.03. The van der Waals surface area contributed by atoms with Crippen LogP contribution in [0.15, 0.2) is 27.1 Å². The van der Waals surface area contributed by atoms with Crippen molar-refractivity contribution in [3.8, 4) is 0 Å². The molecular formula is C14H20Br2N2O. The van der Waals surface area contributed by atoms with E-state index in [1.165, 1.54) is 0 Å². The maximum atomic E-state index is 12.5. The Balaban J connectivity index is 2.72. The van der Waals surface area contributed by atoms with Crippen LogP contribution in [0.25, 0.3) is 0 Å². The van der Waals surface area contributed by atoms with Crippen molar-refractivity contribution in [3.05, 3.63) is 32.7 Å². The third kappa shape index (κ3) is 5.24. The van der Waals surface area contributed by atoms with Crippen LogP contribution in [-0.4, -0.2) is 49.4 Å². The first-order valence-electron chi connectivity index (χ1n) is 6.34. The first-order valence-corrected chi connectivity index (χ1v) is 7.93. The van der Waals surface area contributed by atoms with Crippen molar-refractivity contribution in [2.75, 3.05) is 33.7 Å². The second-order valence-electron chi connectivity index (χ2n) is 4.67. The van der Waals surface area contributed by atoms with Gasteiger partial charge in [0.05, 0.1) is 5.56 Å². The molecule has 0 bridgehead atoms. The van der Waals surface area contributed by atoms with E-state index >= 15 is 0 Å². The summed E-state index contributed by atoms with van der Waals surface area (Å²) in [6, 6.07) is 5.65. The molecule has 0 saturated carbocycles. The zero-order chi connectivity index (χ0) is 14.4. The molecule has 0 aromatic heterocycles. The van der Waals surface area contributed by atoms with E-state index in [2.05, 4.69) is 36.8 Å². The smallest absolute Gasteiger partial charge is 0.254 e. The summed E-state index contributed by atoms with van der Waals surface area (Å²) in [5.41, 5.74) is 0.718. The molecule has 0 unspecified atom stereocenters. The van der Waals surface area contributed by atoms with Crippen LogP contribution in [-0.2, 0) is 0 Å². The molecular weight excluding hydrogens is 372 g/mol. The van der Waals surface area contributed by atoms with Gasteiger partial charge in [0.2, 0.25) is 0 Å². The highest BCUT2D eigenvalue weighted by Gasteiger charge is 2.16. The standard InChI is InChI=1S/C14H20Br2N2O/c1-4-18(9-5-8-17(2)3)14(19)12-7-6-11(15)10-13(12)16/h6-7,10H,4-5,8-9H2,1-3H3. The van der Waals surface area contributed by atoms with Crippen molar-refractivity contribution in [1.82, 2.24) is 9.80 Å². The normalized spacial score (nSPS) is 10.8. The maximum Gasteiger partial charge on any atom is 0.254 e. The van der Waals surface area contributed by atoms with E-state index in [1.807, 2.05) is 44.1 Å². The lowest BCUT2D eigenvalue weighted by molar-refractivity contribution is 0.0758. The van der Waals surface area contributed by atoms with Crippen LogP contribution in [0.1, 0.15) is 23.7 Å². The predicted molar refractivity (Wildman–Crippen MR) is 86.6 cm³/mol. The third-order valence-corrected chi connectivity index (χ3v) is 4.01. The SMILES string of the molecule is CCN(CCCN(C)C)C(=O)c1ccc(Br)cc1Br. The van der Waals surface area contributed by atoms with Gasteiger partial charge in [0.25, 0.3) is 5.91 Å². The molecule has 0 aliphatic heterocycles. The largest absolute Gasteiger partial charge is 0.339 e. The van der Waals surface area contributed by atoms with Gasteiger partial charge in [-0.05, 0) is 68.1 Å². The van der Waals surface area contributed by atoms with Gasteiger partial charge in [-0.15, -0.1) is 0 Å². The van der Waals surface area contributed by atoms with E-state index in [9.17, 15) is 4.79 Å². The van der Waals surface area contributed by atoms with Gasteiger partial charge in [0.15, 0.2) is 0 Å². The highest BCUT2D eigenvalue weighted by atomic mass is 79.9. The number of carbonyl (C=O) groups is 1. The van der Waals surface area contributed by atoms with Crippen molar-refractivity contribution in [2.45, 2.75) is 13.3 Å². The summed E-state index contributed by atoms with van der Waals surface area (Å²) >= 11 is 6.85. The van der Waals surface area contributed by atoms with Gasteiger partial charge in [-0.1, -0.05) is 15.9 Å². The molecule has 106 valence electrons. The summed E-state index contributed by atoms with van der Waals surface area (Å²) < 4.78 is 1.80. The molecule has 1 rings (SSSR count). The molecule has 0 fully saturated rings. The van der Waals surface area contributed by atoms with Gasteiger partial charge in [-0.25, -0.2) is 0 Å². The van der Waals surface area contributed by atoms with E-state index in [4.69, 9.17) is 0 Å². The zero-order valence-electron chi connectivity index (χ0n) is 11.6. The Morgan fingerprint density at radius 3 is 2.42 bits per heavy atom. The van der Waals surface area contributed by atoms with Crippen LogP contribution in [0.2, 0.25) is 0 Å². The Kier molecular flexibility index (Phi) is 7.04. The van der Waals surface area contributed by atoms with Crippen molar-refractivity contribution in [1.29, 1.82) is 0 Å². The first kappa shape index (κ1) is 16.7. The highest BCUT2D eigenvalue weighted by Crippen LogP contribution is 2.23. The average molecular weight is 392 g/mol. The van der Waals surface area contributed by atoms with Gasteiger partial charge < -0.3 is 9.80 Å². The summed E-state index contributed by atoms with van der Waals surface area (Å²) in [4.78, 5) is 16.5. The Bertz CT molecular complexity index is 435. The number of halogens is 2. The molecule has 19 heavy (non-hydrogen) atoms. The summed E-state index contributed by atoms with van der Waals surface area (Å²) in [6.45, 7) is 4.52. The number of hydrogen-bond donors (Lipinski definition) is 0. The predicted octanol–water partition coefficient (Wildman–Crippen LogP) is 3.63. The minimum absolute atomic E-state index is 0.0839. The van der Waals surface area contributed by atoms with Gasteiger partial charge in [-0.3, -0.25) is 4.79 Å². The summed E-state index contributed by atoms with van der Waals surface area (Å²) in [5.74, 6) is 0.0839. The summed E-state index contributed by atoms with van der Waals surface area (Å²) in [7, 11) is 4.09. The molecule has 0 radical (unpaired) electrons. The van der Waals surface area contributed by atoms with Crippen molar-refractivity contribution < 1.29 is 4.79 Å². The molecule has 0 spiro atoms. The highest BCUT2D eigenvalue weighted by molar-refractivity contribution is 9.11. The number of rotatable bonds is 6. The van der Waals surface area contributed by atoms with Gasteiger partial charge in [0.1, 0.15) is 0 Å². The van der Waals surface area contributed by atoms with Crippen LogP contribution < -0.4 is 0 Å². The minimum atomic E-state index is 0.0839. The Morgan fingerprint density at radius 2 is 1.89 bits per heavy atom. The Morgan fingerprint density at radius 1 is 1.21 bits per heavy atom. The van der Waals surface area contributed by atoms with Gasteiger partial charge in [-0.2, -0.15) is 0 Å². The Labute approximate surface area is 132 Å². The van der Waals surface area contributed by atoms with Crippen molar-refractivity contribution in [3.63, 3.8) is 0 Å². The molecule has 0 atom stereocenters. The minimum Gasteiger partial charge on any atom is -0.339 e. The maximum absolute atomic E-state index is 12.5. The Hall–Kier alpha value is -0.390. The fraction of sp³-hybridized carbons (Fsp3) is 0.500. The number of hydrogen-bond acceptors (Lipinski definition) is 2. The lowest BCUT2D eigenvalue weighted by Crippen LogP contribution is -2.33. The third-order valence-electron chi connectivity index (χ3n) is 2.86. The molecule has 5 heteroatoms.